The van der Waals surface area contributed by atoms with Gasteiger partial charge in [-0.05, 0) is 35.3 Å². The Bertz CT molecular complexity index is 1130. The van der Waals surface area contributed by atoms with Crippen molar-refractivity contribution >= 4 is 5.91 Å². The van der Waals surface area contributed by atoms with Crippen LogP contribution in [0.2, 0.25) is 0 Å². The Morgan fingerprint density at radius 3 is 2.62 bits per heavy atom. The molecule has 0 saturated heterocycles. The minimum Gasteiger partial charge on any atom is -0.369 e. The molecule has 0 fully saturated rings. The van der Waals surface area contributed by atoms with Crippen molar-refractivity contribution in [1.82, 2.24) is 14.3 Å². The van der Waals surface area contributed by atoms with Crippen molar-refractivity contribution < 1.29 is 9.18 Å². The van der Waals surface area contributed by atoms with Crippen molar-refractivity contribution in [3.05, 3.63) is 82.3 Å². The monoisotopic (exact) mass is 395 g/mol. The van der Waals surface area contributed by atoms with Gasteiger partial charge in [-0.3, -0.25) is 4.79 Å². The van der Waals surface area contributed by atoms with Crippen LogP contribution in [0.25, 0.3) is 16.8 Å². The lowest BCUT2D eigenvalue weighted by Crippen LogP contribution is -2.26. The number of hydrogen-bond donors (Lipinski definition) is 2. The van der Waals surface area contributed by atoms with Gasteiger partial charge in [0, 0.05) is 12.1 Å². The minimum atomic E-state index is -0.469. The third kappa shape index (κ3) is 4.33. The smallest absolute Gasteiger partial charge is 0.350 e. The minimum absolute atomic E-state index is 0.0155. The van der Waals surface area contributed by atoms with Crippen molar-refractivity contribution in [2.75, 3.05) is 6.54 Å². The second-order valence-electron chi connectivity index (χ2n) is 6.72. The molecular formula is C21H22FN5O2. The lowest BCUT2D eigenvalue weighted by atomic mass is 9.96. The van der Waals surface area contributed by atoms with E-state index in [0.29, 0.717) is 17.6 Å². The van der Waals surface area contributed by atoms with Crippen molar-refractivity contribution in [2.24, 2.45) is 11.5 Å². The third-order valence-electron chi connectivity index (χ3n) is 4.64. The summed E-state index contributed by atoms with van der Waals surface area (Å²) < 4.78 is 15.4. The Hall–Kier alpha value is -3.52. The van der Waals surface area contributed by atoms with E-state index in [1.165, 1.54) is 10.9 Å². The van der Waals surface area contributed by atoms with Gasteiger partial charge in [0.15, 0.2) is 0 Å². The van der Waals surface area contributed by atoms with E-state index in [1.54, 1.807) is 6.07 Å². The summed E-state index contributed by atoms with van der Waals surface area (Å²) in [4.78, 5) is 24.3. The van der Waals surface area contributed by atoms with Gasteiger partial charge < -0.3 is 11.5 Å². The molecule has 4 N–H and O–H groups in total. The molecule has 1 heterocycles. The summed E-state index contributed by atoms with van der Waals surface area (Å²) >= 11 is 0. The van der Waals surface area contributed by atoms with E-state index in [2.05, 4.69) is 5.10 Å². The first kappa shape index (κ1) is 20.2. The number of nitrogens with two attached hydrogens (primary N) is 2. The van der Waals surface area contributed by atoms with E-state index in [-0.39, 0.29) is 25.1 Å². The number of primary amides is 1. The highest BCUT2D eigenvalue weighted by molar-refractivity contribution is 5.79. The number of aromatic nitrogens is 3. The number of carbonyl (C=O) groups excluding carboxylic acids is 1. The Morgan fingerprint density at radius 1 is 1.21 bits per heavy atom. The van der Waals surface area contributed by atoms with E-state index in [0.717, 1.165) is 21.4 Å². The molecule has 3 aromatic rings. The summed E-state index contributed by atoms with van der Waals surface area (Å²) in [7, 11) is 0. The highest BCUT2D eigenvalue weighted by Gasteiger charge is 2.15. The molecule has 2 aromatic carbocycles. The number of nitrogens with zero attached hydrogens (tertiary/aromatic N) is 3. The fourth-order valence-corrected chi connectivity index (χ4v) is 3.14. The summed E-state index contributed by atoms with van der Waals surface area (Å²) in [5.74, 6) is -0.469. The van der Waals surface area contributed by atoms with Crippen molar-refractivity contribution in [3.8, 4) is 16.8 Å². The lowest BCUT2D eigenvalue weighted by molar-refractivity contribution is -0.117. The summed E-state index contributed by atoms with van der Waals surface area (Å²) in [5.41, 5.74) is 14.6. The zero-order valence-electron chi connectivity index (χ0n) is 16.0. The molecule has 3 rings (SSSR count). The predicted octanol–water partition coefficient (Wildman–Crippen LogP) is 1.85. The summed E-state index contributed by atoms with van der Waals surface area (Å²) in [6.07, 6.45) is 1.81. The fraction of sp³-hybridized carbons (Fsp3) is 0.190. The van der Waals surface area contributed by atoms with Crippen LogP contribution >= 0.6 is 0 Å². The first-order valence-electron chi connectivity index (χ1n) is 9.05. The zero-order valence-corrected chi connectivity index (χ0v) is 16.0. The number of amides is 1. The molecule has 29 heavy (non-hydrogen) atoms. The lowest BCUT2D eigenvalue weighted by Gasteiger charge is -2.13. The van der Waals surface area contributed by atoms with Gasteiger partial charge in [0.25, 0.3) is 0 Å². The first-order chi connectivity index (χ1) is 13.9. The summed E-state index contributed by atoms with van der Waals surface area (Å²) in [6, 6.07) is 13.2. The molecule has 0 saturated carbocycles. The molecule has 0 spiro atoms. The second-order valence-corrected chi connectivity index (χ2v) is 6.72. The Morgan fingerprint density at radius 2 is 1.97 bits per heavy atom. The summed E-state index contributed by atoms with van der Waals surface area (Å²) in [5, 5.41) is 4.09. The van der Waals surface area contributed by atoms with Crippen molar-refractivity contribution in [3.63, 3.8) is 0 Å². The van der Waals surface area contributed by atoms with Gasteiger partial charge in [0.2, 0.25) is 5.91 Å². The maximum Gasteiger partial charge on any atom is 0.350 e. The molecular weight excluding hydrogens is 373 g/mol. The van der Waals surface area contributed by atoms with Crippen LogP contribution in [0.3, 0.4) is 0 Å². The summed E-state index contributed by atoms with van der Waals surface area (Å²) in [6.45, 7) is 1.92. The van der Waals surface area contributed by atoms with Crippen LogP contribution in [-0.4, -0.2) is 26.8 Å². The Labute approximate surface area is 167 Å². The van der Waals surface area contributed by atoms with Crippen LogP contribution in [0.15, 0.2) is 65.5 Å². The van der Waals surface area contributed by atoms with Gasteiger partial charge in [-0.1, -0.05) is 36.4 Å². The van der Waals surface area contributed by atoms with Gasteiger partial charge in [0.1, 0.15) is 6.33 Å². The molecule has 0 unspecified atom stereocenters. The van der Waals surface area contributed by atoms with Crippen molar-refractivity contribution in [2.45, 2.75) is 19.9 Å². The molecule has 7 nitrogen and oxygen atoms in total. The van der Waals surface area contributed by atoms with E-state index in [4.69, 9.17) is 11.5 Å². The molecule has 1 aromatic heterocycles. The molecule has 150 valence electrons. The van der Waals surface area contributed by atoms with E-state index >= 15 is 0 Å². The molecule has 8 heteroatoms. The number of halogens is 1. The van der Waals surface area contributed by atoms with Crippen molar-refractivity contribution in [1.29, 1.82) is 0 Å². The molecule has 0 aliphatic rings. The van der Waals surface area contributed by atoms with Crippen LogP contribution in [0, 0.1) is 6.92 Å². The van der Waals surface area contributed by atoms with Gasteiger partial charge in [-0.15, -0.1) is 0 Å². The molecule has 0 radical (unpaired) electrons. The standard InChI is InChI=1S/C21H22FN5O2/c1-14-4-2-3-5-17(14)18-7-6-15(9-20(24)28)8-19(18)26-13-25-27(21(26)29)12-16(10-22)11-23/h2-8,10,13H,9,11-12,23H2,1H3,(H2,24,28)/b16-10+. The Balaban J connectivity index is 2.17. The van der Waals surface area contributed by atoms with Gasteiger partial charge in [0.05, 0.1) is 25.0 Å². The maximum absolute atomic E-state index is 12.9. The number of carbonyl (C=O) groups is 1. The SMILES string of the molecule is Cc1ccccc1-c1ccc(CC(N)=O)cc1-n1cnn(C/C(=C/F)CN)c1=O. The Kier molecular flexibility index (Phi) is 6.04. The zero-order chi connectivity index (χ0) is 21.0. The van der Waals surface area contributed by atoms with Crippen LogP contribution in [0.5, 0.6) is 0 Å². The van der Waals surface area contributed by atoms with Crippen LogP contribution in [-0.2, 0) is 17.8 Å². The van der Waals surface area contributed by atoms with Crippen LogP contribution < -0.4 is 17.2 Å². The van der Waals surface area contributed by atoms with E-state index in [9.17, 15) is 14.0 Å². The molecule has 1 amide bonds. The van der Waals surface area contributed by atoms with E-state index in [1.807, 2.05) is 43.3 Å². The van der Waals surface area contributed by atoms with E-state index < -0.39 is 11.6 Å². The highest BCUT2D eigenvalue weighted by Crippen LogP contribution is 2.29. The highest BCUT2D eigenvalue weighted by atomic mass is 19.1. The first-order valence-corrected chi connectivity index (χ1v) is 9.05. The van der Waals surface area contributed by atoms with Gasteiger partial charge in [-0.25, -0.2) is 18.4 Å². The quantitative estimate of drug-likeness (QED) is 0.636. The molecule has 0 bridgehead atoms. The number of aryl methyl sites for hydroxylation is 1. The van der Waals surface area contributed by atoms with Crippen LogP contribution in [0.4, 0.5) is 4.39 Å². The average molecular weight is 395 g/mol. The van der Waals surface area contributed by atoms with Gasteiger partial charge in [-0.2, -0.15) is 5.10 Å². The number of hydrogen-bond acceptors (Lipinski definition) is 4. The van der Waals surface area contributed by atoms with Crippen LogP contribution in [0.1, 0.15) is 11.1 Å². The number of benzene rings is 2. The largest absolute Gasteiger partial charge is 0.369 e. The molecule has 0 atom stereocenters. The molecule has 0 aliphatic carbocycles. The fourth-order valence-electron chi connectivity index (χ4n) is 3.14. The topological polar surface area (TPSA) is 109 Å². The average Bonchev–Trinajstić information content (AvgIpc) is 3.06. The van der Waals surface area contributed by atoms with Gasteiger partial charge >= 0.3 is 5.69 Å². The second kappa shape index (κ2) is 8.66. The normalized spacial score (nSPS) is 11.6. The maximum atomic E-state index is 12.9. The predicted molar refractivity (Wildman–Crippen MR) is 109 cm³/mol. The third-order valence-corrected chi connectivity index (χ3v) is 4.64. The molecule has 0 aliphatic heterocycles. The number of rotatable bonds is 7.